The Hall–Kier alpha value is -2.57. The first-order valence-corrected chi connectivity index (χ1v) is 13.8. The van der Waals surface area contributed by atoms with Crippen molar-refractivity contribution < 1.29 is 9.59 Å². The third kappa shape index (κ3) is 8.55. The van der Waals surface area contributed by atoms with E-state index in [9.17, 15) is 9.59 Å². The van der Waals surface area contributed by atoms with E-state index in [2.05, 4.69) is 53.3 Å². The number of carbonyl (C=O) groups is 2. The van der Waals surface area contributed by atoms with Crippen molar-refractivity contribution in [1.29, 1.82) is 0 Å². The van der Waals surface area contributed by atoms with Crippen molar-refractivity contribution in [2.75, 3.05) is 12.3 Å². The molecule has 0 saturated heterocycles. The zero-order valence-electron chi connectivity index (χ0n) is 20.6. The van der Waals surface area contributed by atoms with Gasteiger partial charge in [0.2, 0.25) is 11.8 Å². The lowest BCUT2D eigenvalue weighted by Gasteiger charge is -2.31. The Balaban J connectivity index is 1.83. The van der Waals surface area contributed by atoms with Gasteiger partial charge in [-0.15, -0.1) is 11.8 Å². The number of likely N-dealkylation sites (N-methyl/N-ethyl adjacent to an activating group) is 1. The van der Waals surface area contributed by atoms with Crippen LogP contribution in [0.1, 0.15) is 34.7 Å². The molecule has 0 radical (unpaired) electrons. The molecule has 3 rings (SSSR count). The van der Waals surface area contributed by atoms with Crippen molar-refractivity contribution in [3.05, 3.63) is 105 Å². The molecule has 0 saturated carbocycles. The Bertz CT molecular complexity index is 1120. The van der Waals surface area contributed by atoms with Crippen molar-refractivity contribution >= 4 is 39.5 Å². The lowest BCUT2D eigenvalue weighted by Crippen LogP contribution is -2.51. The van der Waals surface area contributed by atoms with Gasteiger partial charge in [0, 0.05) is 29.7 Å². The smallest absolute Gasteiger partial charge is 0.243 e. The van der Waals surface area contributed by atoms with Crippen LogP contribution in [0, 0.1) is 13.8 Å². The lowest BCUT2D eigenvalue weighted by atomic mass is 10.0. The second kappa shape index (κ2) is 13.5. The summed E-state index contributed by atoms with van der Waals surface area (Å²) in [5.41, 5.74) is 5.67. The van der Waals surface area contributed by atoms with Crippen molar-refractivity contribution in [3.63, 3.8) is 0 Å². The van der Waals surface area contributed by atoms with E-state index in [1.807, 2.05) is 61.5 Å². The Morgan fingerprint density at radius 1 is 0.914 bits per heavy atom. The van der Waals surface area contributed by atoms with E-state index < -0.39 is 6.04 Å². The molecular weight excluding hydrogens is 520 g/mol. The minimum absolute atomic E-state index is 0.0356. The Labute approximate surface area is 221 Å². The van der Waals surface area contributed by atoms with Crippen LogP contribution in [-0.2, 0) is 28.3 Å². The van der Waals surface area contributed by atoms with Crippen molar-refractivity contribution in [2.24, 2.45) is 0 Å². The van der Waals surface area contributed by atoms with Gasteiger partial charge in [-0.25, -0.2) is 0 Å². The second-order valence-corrected chi connectivity index (χ2v) is 10.6. The second-order valence-electron chi connectivity index (χ2n) is 8.74. The number of hydrogen-bond donors (Lipinski definition) is 1. The molecule has 0 aliphatic rings. The van der Waals surface area contributed by atoms with Crippen molar-refractivity contribution in [3.8, 4) is 0 Å². The predicted octanol–water partition coefficient (Wildman–Crippen LogP) is 6.08. The number of amides is 2. The summed E-state index contributed by atoms with van der Waals surface area (Å²) in [5, 5.41) is 2.94. The maximum absolute atomic E-state index is 13.6. The van der Waals surface area contributed by atoms with Crippen LogP contribution < -0.4 is 5.32 Å². The largest absolute Gasteiger partial charge is 0.355 e. The first-order chi connectivity index (χ1) is 16.9. The van der Waals surface area contributed by atoms with Crippen LogP contribution in [0.5, 0.6) is 0 Å². The normalized spacial score (nSPS) is 11.7. The SMILES string of the molecule is CCNC(=O)[C@H](Cc1ccccc1)N(Cc1cccc(Br)c1)C(=O)CSCc1cc(C)cc(C)c1. The fourth-order valence-corrected chi connectivity index (χ4v) is 5.46. The summed E-state index contributed by atoms with van der Waals surface area (Å²) in [6.07, 6.45) is 0.466. The third-order valence-electron chi connectivity index (χ3n) is 5.64. The molecule has 0 bridgehead atoms. The zero-order chi connectivity index (χ0) is 25.2. The van der Waals surface area contributed by atoms with Gasteiger partial charge < -0.3 is 10.2 Å². The molecule has 0 aromatic heterocycles. The summed E-state index contributed by atoms with van der Waals surface area (Å²) in [7, 11) is 0. The molecule has 1 N–H and O–H groups in total. The van der Waals surface area contributed by atoms with Crippen LogP contribution in [0.4, 0.5) is 0 Å². The molecule has 2 amide bonds. The number of halogens is 1. The molecule has 184 valence electrons. The number of rotatable bonds is 11. The summed E-state index contributed by atoms with van der Waals surface area (Å²) in [6.45, 7) is 6.97. The van der Waals surface area contributed by atoms with E-state index in [0.29, 0.717) is 25.3 Å². The Morgan fingerprint density at radius 3 is 2.26 bits per heavy atom. The van der Waals surface area contributed by atoms with Crippen LogP contribution in [0.2, 0.25) is 0 Å². The highest BCUT2D eigenvalue weighted by Crippen LogP contribution is 2.21. The first kappa shape index (κ1) is 27.0. The fourth-order valence-electron chi connectivity index (χ4n) is 4.17. The number of carbonyl (C=O) groups excluding carboxylic acids is 2. The summed E-state index contributed by atoms with van der Waals surface area (Å²) in [5.74, 6) is 0.903. The van der Waals surface area contributed by atoms with Crippen molar-refractivity contribution in [1.82, 2.24) is 10.2 Å². The van der Waals surface area contributed by atoms with E-state index in [1.54, 1.807) is 16.7 Å². The number of nitrogens with zero attached hydrogens (tertiary/aromatic N) is 1. The van der Waals surface area contributed by atoms with Gasteiger partial charge in [0.25, 0.3) is 0 Å². The maximum atomic E-state index is 13.6. The highest BCUT2D eigenvalue weighted by Gasteiger charge is 2.30. The van der Waals surface area contributed by atoms with Crippen molar-refractivity contribution in [2.45, 2.75) is 45.5 Å². The van der Waals surface area contributed by atoms with Gasteiger partial charge in [0.15, 0.2) is 0 Å². The molecule has 0 aliphatic carbocycles. The zero-order valence-corrected chi connectivity index (χ0v) is 23.0. The van der Waals surface area contributed by atoms with E-state index >= 15 is 0 Å². The Kier molecular flexibility index (Phi) is 10.4. The van der Waals surface area contributed by atoms with Crippen LogP contribution in [0.3, 0.4) is 0 Å². The van der Waals surface area contributed by atoms with Gasteiger partial charge in [0.1, 0.15) is 6.04 Å². The number of hydrogen-bond acceptors (Lipinski definition) is 3. The predicted molar refractivity (Wildman–Crippen MR) is 149 cm³/mol. The molecule has 0 spiro atoms. The number of nitrogens with one attached hydrogen (secondary N) is 1. The van der Waals surface area contributed by atoms with Crippen LogP contribution >= 0.6 is 27.7 Å². The van der Waals surface area contributed by atoms with E-state index in [1.165, 1.54) is 16.7 Å². The summed E-state index contributed by atoms with van der Waals surface area (Å²) in [6, 6.07) is 23.7. The highest BCUT2D eigenvalue weighted by atomic mass is 79.9. The van der Waals surface area contributed by atoms with Crippen LogP contribution in [0.25, 0.3) is 0 Å². The maximum Gasteiger partial charge on any atom is 0.243 e. The molecule has 4 nitrogen and oxygen atoms in total. The average Bonchev–Trinajstić information content (AvgIpc) is 2.81. The topological polar surface area (TPSA) is 49.4 Å². The molecule has 0 unspecified atom stereocenters. The van der Waals surface area contributed by atoms with Gasteiger partial charge in [-0.2, -0.15) is 0 Å². The first-order valence-electron chi connectivity index (χ1n) is 11.9. The highest BCUT2D eigenvalue weighted by molar-refractivity contribution is 9.10. The average molecular weight is 554 g/mol. The van der Waals surface area contributed by atoms with Crippen LogP contribution in [-0.4, -0.2) is 35.1 Å². The van der Waals surface area contributed by atoms with E-state index in [-0.39, 0.29) is 11.8 Å². The molecule has 1 atom stereocenters. The number of benzene rings is 3. The fraction of sp³-hybridized carbons (Fsp3) is 0.310. The molecule has 35 heavy (non-hydrogen) atoms. The molecule has 6 heteroatoms. The summed E-state index contributed by atoms with van der Waals surface area (Å²) < 4.78 is 0.948. The van der Waals surface area contributed by atoms with Gasteiger partial charge in [-0.05, 0) is 49.6 Å². The molecular formula is C29H33BrN2O2S. The number of aryl methyl sites for hydroxylation is 2. The third-order valence-corrected chi connectivity index (χ3v) is 7.12. The van der Waals surface area contributed by atoms with Gasteiger partial charge >= 0.3 is 0 Å². The minimum Gasteiger partial charge on any atom is -0.355 e. The summed E-state index contributed by atoms with van der Waals surface area (Å²) >= 11 is 5.12. The van der Waals surface area contributed by atoms with E-state index in [4.69, 9.17) is 0 Å². The van der Waals surface area contributed by atoms with E-state index in [0.717, 1.165) is 21.4 Å². The van der Waals surface area contributed by atoms with Gasteiger partial charge in [-0.3, -0.25) is 9.59 Å². The molecule has 3 aromatic rings. The molecule has 0 heterocycles. The molecule has 0 aliphatic heterocycles. The quantitative estimate of drug-likeness (QED) is 0.313. The monoisotopic (exact) mass is 552 g/mol. The summed E-state index contributed by atoms with van der Waals surface area (Å²) in [4.78, 5) is 28.6. The standard InChI is InChI=1S/C29H33BrN2O2S/c1-4-31-29(34)27(17-23-9-6-5-7-10-23)32(18-24-11-8-12-26(30)16-24)28(33)20-35-19-25-14-21(2)13-22(3)15-25/h5-16,27H,4,17-20H2,1-3H3,(H,31,34)/t27-/m0/s1. The molecule has 3 aromatic carbocycles. The van der Waals surface area contributed by atoms with Gasteiger partial charge in [-0.1, -0.05) is 87.7 Å². The Morgan fingerprint density at radius 2 is 1.60 bits per heavy atom. The molecule has 0 fully saturated rings. The lowest BCUT2D eigenvalue weighted by molar-refractivity contribution is -0.139. The number of thioether (sulfide) groups is 1. The minimum atomic E-state index is -0.592. The van der Waals surface area contributed by atoms with Crippen LogP contribution in [0.15, 0.2) is 77.3 Å². The van der Waals surface area contributed by atoms with Gasteiger partial charge in [0.05, 0.1) is 5.75 Å².